The highest BCUT2D eigenvalue weighted by molar-refractivity contribution is 6.09. The molecule has 0 radical (unpaired) electrons. The van der Waals surface area contributed by atoms with E-state index in [9.17, 15) is 4.79 Å². The lowest BCUT2D eigenvalue weighted by Gasteiger charge is -2.11. The third-order valence-corrected chi connectivity index (χ3v) is 4.37. The summed E-state index contributed by atoms with van der Waals surface area (Å²) >= 11 is 0. The number of nitrogens with zero attached hydrogens (tertiary/aromatic N) is 2. The van der Waals surface area contributed by atoms with E-state index in [4.69, 9.17) is 0 Å². The Morgan fingerprint density at radius 1 is 1.18 bits per heavy atom. The zero-order chi connectivity index (χ0) is 15.1. The number of amides is 1. The molecule has 0 bridgehead atoms. The van der Waals surface area contributed by atoms with E-state index in [-0.39, 0.29) is 5.91 Å². The summed E-state index contributed by atoms with van der Waals surface area (Å²) in [6.45, 7) is 2.66. The molecule has 2 aromatic carbocycles. The first-order valence-electron chi connectivity index (χ1n) is 7.64. The van der Waals surface area contributed by atoms with Gasteiger partial charge < -0.3 is 5.32 Å². The van der Waals surface area contributed by atoms with Gasteiger partial charge in [0.2, 0.25) is 0 Å². The van der Waals surface area contributed by atoms with Crippen LogP contribution in [0.5, 0.6) is 0 Å². The summed E-state index contributed by atoms with van der Waals surface area (Å²) in [5.41, 5.74) is 4.21. The molecule has 110 valence electrons. The van der Waals surface area contributed by atoms with Crippen molar-refractivity contribution < 1.29 is 4.79 Å². The quantitative estimate of drug-likeness (QED) is 0.804. The van der Waals surface area contributed by atoms with E-state index >= 15 is 0 Å². The normalized spacial score (nSPS) is 12.8. The van der Waals surface area contributed by atoms with Crippen LogP contribution in [0.2, 0.25) is 0 Å². The van der Waals surface area contributed by atoms with Gasteiger partial charge in [-0.15, -0.1) is 0 Å². The molecule has 0 atom stereocenters. The molecule has 0 saturated carbocycles. The Hall–Kier alpha value is -2.62. The van der Waals surface area contributed by atoms with Gasteiger partial charge in [-0.3, -0.25) is 9.48 Å². The molecule has 4 rings (SSSR count). The molecule has 0 saturated heterocycles. The van der Waals surface area contributed by atoms with E-state index in [1.807, 2.05) is 13.0 Å². The Morgan fingerprint density at radius 2 is 2.00 bits per heavy atom. The molecular weight excluding hydrogens is 274 g/mol. The van der Waals surface area contributed by atoms with Gasteiger partial charge in [0.15, 0.2) is 0 Å². The number of aryl methyl sites for hydroxylation is 3. The minimum absolute atomic E-state index is 0.113. The Morgan fingerprint density at radius 3 is 2.82 bits per heavy atom. The SMILES string of the molecule is CCn1nccc1C(=O)Nc1ccc2c3c(cccc13)CC2. The Bertz CT molecular complexity index is 869. The highest BCUT2D eigenvalue weighted by atomic mass is 16.2. The molecule has 1 amide bonds. The van der Waals surface area contributed by atoms with Crippen molar-refractivity contribution in [1.29, 1.82) is 0 Å². The number of carbonyl (C=O) groups is 1. The van der Waals surface area contributed by atoms with E-state index in [1.165, 1.54) is 16.5 Å². The number of carbonyl (C=O) groups excluding carboxylic acids is 1. The predicted octanol–water partition coefficient (Wildman–Crippen LogP) is 3.41. The van der Waals surface area contributed by atoms with Crippen LogP contribution in [-0.2, 0) is 19.4 Å². The third-order valence-electron chi connectivity index (χ3n) is 4.37. The fourth-order valence-corrected chi connectivity index (χ4v) is 3.32. The Labute approximate surface area is 128 Å². The summed E-state index contributed by atoms with van der Waals surface area (Å²) in [6.07, 6.45) is 3.84. The Kier molecular flexibility index (Phi) is 2.96. The molecule has 3 aromatic rings. The van der Waals surface area contributed by atoms with E-state index in [0.29, 0.717) is 12.2 Å². The second-order valence-electron chi connectivity index (χ2n) is 5.60. The van der Waals surface area contributed by atoms with Crippen molar-refractivity contribution in [3.05, 3.63) is 59.4 Å². The summed E-state index contributed by atoms with van der Waals surface area (Å²) in [7, 11) is 0. The van der Waals surface area contributed by atoms with Crippen LogP contribution < -0.4 is 5.32 Å². The topological polar surface area (TPSA) is 46.9 Å². The fourth-order valence-electron chi connectivity index (χ4n) is 3.32. The largest absolute Gasteiger partial charge is 0.320 e. The van der Waals surface area contributed by atoms with Crippen molar-refractivity contribution in [2.75, 3.05) is 5.32 Å². The van der Waals surface area contributed by atoms with Crippen LogP contribution in [0.25, 0.3) is 10.8 Å². The van der Waals surface area contributed by atoms with Gasteiger partial charge in [-0.1, -0.05) is 24.3 Å². The molecule has 0 fully saturated rings. The molecule has 0 aliphatic heterocycles. The highest BCUT2D eigenvalue weighted by Crippen LogP contribution is 2.35. The first-order chi connectivity index (χ1) is 10.8. The number of nitrogens with one attached hydrogen (secondary N) is 1. The summed E-state index contributed by atoms with van der Waals surface area (Å²) in [4.78, 5) is 12.5. The second kappa shape index (κ2) is 4.98. The maximum absolute atomic E-state index is 12.5. The zero-order valence-corrected chi connectivity index (χ0v) is 12.5. The van der Waals surface area contributed by atoms with Crippen molar-refractivity contribution in [3.63, 3.8) is 0 Å². The number of anilines is 1. The zero-order valence-electron chi connectivity index (χ0n) is 12.5. The van der Waals surface area contributed by atoms with Gasteiger partial charge in [0.25, 0.3) is 5.91 Å². The smallest absolute Gasteiger partial charge is 0.273 e. The van der Waals surface area contributed by atoms with Crippen molar-refractivity contribution >= 4 is 22.4 Å². The van der Waals surface area contributed by atoms with Gasteiger partial charge in [-0.2, -0.15) is 5.10 Å². The van der Waals surface area contributed by atoms with Crippen LogP contribution in [0.4, 0.5) is 5.69 Å². The first-order valence-corrected chi connectivity index (χ1v) is 7.64. The molecule has 1 aliphatic rings. The summed E-state index contributed by atoms with van der Waals surface area (Å²) in [5, 5.41) is 9.64. The standard InChI is InChI=1S/C18H17N3O/c1-2-21-16(10-11-19-21)18(22)20-15-9-8-13-7-6-12-4-3-5-14(15)17(12)13/h3-5,8-11H,2,6-7H2,1H3,(H,20,22). The molecule has 0 unspecified atom stereocenters. The van der Waals surface area contributed by atoms with Crippen LogP contribution >= 0.6 is 0 Å². The maximum atomic E-state index is 12.5. The van der Waals surface area contributed by atoms with E-state index in [0.717, 1.165) is 23.9 Å². The lowest BCUT2D eigenvalue weighted by molar-refractivity contribution is 0.101. The van der Waals surface area contributed by atoms with Gasteiger partial charge in [-0.25, -0.2) is 0 Å². The lowest BCUT2D eigenvalue weighted by Crippen LogP contribution is -2.17. The minimum Gasteiger partial charge on any atom is -0.320 e. The van der Waals surface area contributed by atoms with E-state index in [1.54, 1.807) is 16.9 Å². The molecule has 1 aromatic heterocycles. The number of aromatic nitrogens is 2. The van der Waals surface area contributed by atoms with Crippen LogP contribution in [0, 0.1) is 0 Å². The predicted molar refractivity (Wildman–Crippen MR) is 87.2 cm³/mol. The molecule has 1 aliphatic carbocycles. The number of hydrogen-bond acceptors (Lipinski definition) is 2. The third kappa shape index (κ3) is 1.91. The Balaban J connectivity index is 1.75. The second-order valence-corrected chi connectivity index (χ2v) is 5.60. The van der Waals surface area contributed by atoms with E-state index in [2.05, 4.69) is 34.7 Å². The number of hydrogen-bond donors (Lipinski definition) is 1. The van der Waals surface area contributed by atoms with Gasteiger partial charge in [-0.05, 0) is 48.4 Å². The van der Waals surface area contributed by atoms with Crippen LogP contribution in [0.3, 0.4) is 0 Å². The highest BCUT2D eigenvalue weighted by Gasteiger charge is 2.18. The van der Waals surface area contributed by atoms with Gasteiger partial charge >= 0.3 is 0 Å². The lowest BCUT2D eigenvalue weighted by atomic mass is 10.0. The summed E-state index contributed by atoms with van der Waals surface area (Å²) in [6, 6.07) is 12.2. The first kappa shape index (κ1) is 13.1. The van der Waals surface area contributed by atoms with Gasteiger partial charge in [0.05, 0.1) is 0 Å². The molecule has 4 nitrogen and oxygen atoms in total. The molecule has 22 heavy (non-hydrogen) atoms. The molecule has 0 spiro atoms. The van der Waals surface area contributed by atoms with Crippen LogP contribution in [0.15, 0.2) is 42.6 Å². The summed E-state index contributed by atoms with van der Waals surface area (Å²) in [5.74, 6) is -0.113. The van der Waals surface area contributed by atoms with E-state index < -0.39 is 0 Å². The van der Waals surface area contributed by atoms with Gasteiger partial charge in [0, 0.05) is 23.8 Å². The molecular formula is C18H17N3O. The van der Waals surface area contributed by atoms with Gasteiger partial charge in [0.1, 0.15) is 5.69 Å². The molecule has 4 heteroatoms. The number of rotatable bonds is 3. The minimum atomic E-state index is -0.113. The average Bonchev–Trinajstić information content (AvgIpc) is 3.18. The van der Waals surface area contributed by atoms with Crippen molar-refractivity contribution in [2.45, 2.75) is 26.3 Å². The number of benzene rings is 2. The maximum Gasteiger partial charge on any atom is 0.273 e. The molecule has 1 heterocycles. The average molecular weight is 291 g/mol. The van der Waals surface area contributed by atoms with Crippen LogP contribution in [-0.4, -0.2) is 15.7 Å². The van der Waals surface area contributed by atoms with Crippen molar-refractivity contribution in [2.24, 2.45) is 0 Å². The van der Waals surface area contributed by atoms with Crippen LogP contribution in [0.1, 0.15) is 28.5 Å². The monoisotopic (exact) mass is 291 g/mol. The van der Waals surface area contributed by atoms with Crippen molar-refractivity contribution in [3.8, 4) is 0 Å². The fraction of sp³-hybridized carbons (Fsp3) is 0.222. The molecule has 1 N–H and O–H groups in total. The van der Waals surface area contributed by atoms with Crippen molar-refractivity contribution in [1.82, 2.24) is 9.78 Å². The summed E-state index contributed by atoms with van der Waals surface area (Å²) < 4.78 is 1.70.